The van der Waals surface area contributed by atoms with Gasteiger partial charge in [0.2, 0.25) is 0 Å². The SMILES string of the molecule is COC(=O)c1ccc(CNC2CCCCN2Cc2nc(-c3ccc(C(F)(F)F)cc3)[nH]c2C)cc1. The predicted octanol–water partition coefficient (Wildman–Crippen LogP) is 5.29. The molecular weight excluding hydrogens is 457 g/mol. The first-order valence-corrected chi connectivity index (χ1v) is 11.6. The van der Waals surface area contributed by atoms with Crippen molar-refractivity contribution in [3.05, 3.63) is 76.6 Å². The summed E-state index contributed by atoms with van der Waals surface area (Å²) in [5.74, 6) is 0.214. The lowest BCUT2D eigenvalue weighted by atomic mass is 10.1. The number of alkyl halides is 3. The van der Waals surface area contributed by atoms with Crippen molar-refractivity contribution in [1.29, 1.82) is 0 Å². The summed E-state index contributed by atoms with van der Waals surface area (Å²) in [4.78, 5) is 21.9. The maximum atomic E-state index is 12.9. The van der Waals surface area contributed by atoms with Crippen molar-refractivity contribution in [1.82, 2.24) is 20.2 Å². The van der Waals surface area contributed by atoms with E-state index < -0.39 is 11.7 Å². The lowest BCUT2D eigenvalue weighted by Gasteiger charge is -2.36. The fourth-order valence-corrected chi connectivity index (χ4v) is 4.32. The minimum absolute atomic E-state index is 0.176. The van der Waals surface area contributed by atoms with Crippen molar-refractivity contribution < 1.29 is 22.7 Å². The largest absolute Gasteiger partial charge is 0.465 e. The number of aromatic nitrogens is 2. The molecule has 2 aromatic carbocycles. The Hall–Kier alpha value is -3.17. The van der Waals surface area contributed by atoms with Crippen molar-refractivity contribution in [2.75, 3.05) is 13.7 Å². The van der Waals surface area contributed by atoms with Gasteiger partial charge in [-0.2, -0.15) is 13.2 Å². The van der Waals surface area contributed by atoms with Gasteiger partial charge in [0, 0.05) is 30.9 Å². The maximum absolute atomic E-state index is 12.9. The zero-order valence-electron chi connectivity index (χ0n) is 19.8. The third kappa shape index (κ3) is 6.10. The highest BCUT2D eigenvalue weighted by Crippen LogP contribution is 2.31. The highest BCUT2D eigenvalue weighted by atomic mass is 19.4. The summed E-state index contributed by atoms with van der Waals surface area (Å²) < 4.78 is 43.4. The predicted molar refractivity (Wildman–Crippen MR) is 126 cm³/mol. The van der Waals surface area contributed by atoms with Crippen LogP contribution in [0.3, 0.4) is 0 Å². The van der Waals surface area contributed by atoms with Crippen LogP contribution in [0.5, 0.6) is 0 Å². The van der Waals surface area contributed by atoms with Crippen molar-refractivity contribution in [3.8, 4) is 11.4 Å². The van der Waals surface area contributed by atoms with Crippen LogP contribution in [0.25, 0.3) is 11.4 Å². The zero-order valence-corrected chi connectivity index (χ0v) is 19.8. The zero-order chi connectivity index (χ0) is 25.0. The molecule has 1 atom stereocenters. The van der Waals surface area contributed by atoms with Gasteiger partial charge in [0.1, 0.15) is 5.82 Å². The van der Waals surface area contributed by atoms with Gasteiger partial charge in [0.15, 0.2) is 0 Å². The summed E-state index contributed by atoms with van der Waals surface area (Å²) in [7, 11) is 1.36. The second kappa shape index (κ2) is 10.6. The standard InChI is InChI=1S/C26H29F3N4O2/c1-17-22(32-24(31-17)19-10-12-21(13-11-19)26(27,28)29)16-33-14-4-3-5-23(33)30-15-18-6-8-20(9-7-18)25(34)35-2/h6-13,23,30H,3-5,14-16H2,1-2H3,(H,31,32). The quantitative estimate of drug-likeness (QED) is 0.444. The fraction of sp³-hybridized carbons (Fsp3) is 0.385. The number of piperidine rings is 1. The number of likely N-dealkylation sites (tertiary alicyclic amines) is 1. The molecule has 1 aliphatic rings. The van der Waals surface area contributed by atoms with E-state index in [1.54, 1.807) is 12.1 Å². The Morgan fingerprint density at radius 3 is 2.51 bits per heavy atom. The molecule has 2 heterocycles. The topological polar surface area (TPSA) is 70.2 Å². The van der Waals surface area contributed by atoms with E-state index in [2.05, 4.69) is 15.2 Å². The average molecular weight is 487 g/mol. The number of nitrogens with one attached hydrogen (secondary N) is 2. The molecule has 6 nitrogen and oxygen atoms in total. The van der Waals surface area contributed by atoms with E-state index in [9.17, 15) is 18.0 Å². The van der Waals surface area contributed by atoms with Gasteiger partial charge in [0.25, 0.3) is 0 Å². The van der Waals surface area contributed by atoms with Gasteiger partial charge in [-0.3, -0.25) is 10.2 Å². The van der Waals surface area contributed by atoms with E-state index in [4.69, 9.17) is 9.72 Å². The Balaban J connectivity index is 1.41. The Kier molecular flexibility index (Phi) is 7.57. The van der Waals surface area contributed by atoms with Gasteiger partial charge in [-0.1, -0.05) is 24.3 Å². The number of carbonyl (C=O) groups excluding carboxylic acids is 1. The van der Waals surface area contributed by atoms with Crippen molar-refractivity contribution in [2.45, 2.75) is 51.6 Å². The summed E-state index contributed by atoms with van der Waals surface area (Å²) >= 11 is 0. The molecule has 0 spiro atoms. The number of rotatable bonds is 7. The number of hydrogen-bond acceptors (Lipinski definition) is 5. The number of ether oxygens (including phenoxy) is 1. The Bertz CT molecular complexity index is 1140. The Morgan fingerprint density at radius 1 is 1.14 bits per heavy atom. The van der Waals surface area contributed by atoms with Gasteiger partial charge in [0.05, 0.1) is 30.1 Å². The smallest absolute Gasteiger partial charge is 0.416 e. The van der Waals surface area contributed by atoms with Crippen LogP contribution >= 0.6 is 0 Å². The summed E-state index contributed by atoms with van der Waals surface area (Å²) in [5, 5.41) is 3.61. The van der Waals surface area contributed by atoms with E-state index in [0.29, 0.717) is 30.0 Å². The van der Waals surface area contributed by atoms with Crippen molar-refractivity contribution >= 4 is 5.97 Å². The molecule has 1 aromatic heterocycles. The number of carbonyl (C=O) groups is 1. The number of hydrogen-bond donors (Lipinski definition) is 2. The van der Waals surface area contributed by atoms with E-state index >= 15 is 0 Å². The molecule has 2 N–H and O–H groups in total. The average Bonchev–Trinajstić information content (AvgIpc) is 3.23. The number of nitrogens with zero attached hydrogens (tertiary/aromatic N) is 2. The number of halogens is 3. The molecular formula is C26H29F3N4O2. The summed E-state index contributed by atoms with van der Waals surface area (Å²) in [6.45, 7) is 4.17. The molecule has 0 aliphatic carbocycles. The van der Waals surface area contributed by atoms with Crippen molar-refractivity contribution in [2.24, 2.45) is 0 Å². The molecule has 1 fully saturated rings. The van der Waals surface area contributed by atoms with Gasteiger partial charge in [-0.25, -0.2) is 9.78 Å². The monoisotopic (exact) mass is 486 g/mol. The van der Waals surface area contributed by atoms with E-state index in [-0.39, 0.29) is 12.1 Å². The van der Waals surface area contributed by atoms with Gasteiger partial charge in [-0.15, -0.1) is 0 Å². The Labute approximate surface area is 202 Å². The van der Waals surface area contributed by atoms with E-state index in [1.165, 1.54) is 19.2 Å². The number of esters is 1. The minimum Gasteiger partial charge on any atom is -0.465 e. The number of imidazole rings is 1. The molecule has 1 saturated heterocycles. The van der Waals surface area contributed by atoms with Gasteiger partial charge in [-0.05, 0) is 56.0 Å². The molecule has 1 aliphatic heterocycles. The van der Waals surface area contributed by atoms with Crippen molar-refractivity contribution in [3.63, 3.8) is 0 Å². The number of H-pyrrole nitrogens is 1. The molecule has 9 heteroatoms. The van der Waals surface area contributed by atoms with Crippen LogP contribution < -0.4 is 5.32 Å². The summed E-state index contributed by atoms with van der Waals surface area (Å²) in [6, 6.07) is 12.4. The highest BCUT2D eigenvalue weighted by Gasteiger charge is 2.30. The first kappa shape index (κ1) is 24.9. The lowest BCUT2D eigenvalue weighted by molar-refractivity contribution is -0.137. The first-order chi connectivity index (χ1) is 16.7. The first-order valence-electron chi connectivity index (χ1n) is 11.6. The van der Waals surface area contributed by atoms with Crippen LogP contribution in [0.1, 0.15) is 52.1 Å². The third-order valence-corrected chi connectivity index (χ3v) is 6.35. The molecule has 1 unspecified atom stereocenters. The number of aryl methyl sites for hydroxylation is 1. The molecule has 186 valence electrons. The van der Waals surface area contributed by atoms with Crippen LogP contribution in [0.15, 0.2) is 48.5 Å². The highest BCUT2D eigenvalue weighted by molar-refractivity contribution is 5.89. The number of benzene rings is 2. The van der Waals surface area contributed by atoms with Crippen LogP contribution in [0.4, 0.5) is 13.2 Å². The Morgan fingerprint density at radius 2 is 1.86 bits per heavy atom. The number of aromatic amines is 1. The molecule has 0 saturated carbocycles. The van der Waals surface area contributed by atoms with E-state index in [0.717, 1.165) is 54.9 Å². The van der Waals surface area contributed by atoms with E-state index in [1.807, 2.05) is 19.1 Å². The lowest BCUT2D eigenvalue weighted by Crippen LogP contribution is -2.47. The fourth-order valence-electron chi connectivity index (χ4n) is 4.32. The second-order valence-electron chi connectivity index (χ2n) is 8.78. The molecule has 0 radical (unpaired) electrons. The molecule has 0 bridgehead atoms. The van der Waals surface area contributed by atoms with Crippen LogP contribution in [-0.4, -0.2) is 40.7 Å². The van der Waals surface area contributed by atoms with Crippen LogP contribution in [0.2, 0.25) is 0 Å². The second-order valence-corrected chi connectivity index (χ2v) is 8.78. The third-order valence-electron chi connectivity index (χ3n) is 6.35. The molecule has 3 aromatic rings. The summed E-state index contributed by atoms with van der Waals surface area (Å²) in [6.07, 6.45) is -0.944. The van der Waals surface area contributed by atoms with Gasteiger partial charge >= 0.3 is 12.1 Å². The molecule has 4 rings (SSSR count). The normalized spacial score (nSPS) is 16.9. The molecule has 0 amide bonds. The summed E-state index contributed by atoms with van der Waals surface area (Å²) in [5.41, 5.74) is 3.33. The van der Waals surface area contributed by atoms with Crippen LogP contribution in [0, 0.1) is 6.92 Å². The van der Waals surface area contributed by atoms with Crippen LogP contribution in [-0.2, 0) is 24.0 Å². The maximum Gasteiger partial charge on any atom is 0.416 e. The number of methoxy groups -OCH3 is 1. The molecule has 35 heavy (non-hydrogen) atoms. The van der Waals surface area contributed by atoms with Gasteiger partial charge < -0.3 is 9.72 Å². The minimum atomic E-state index is -4.36.